The second-order valence-electron chi connectivity index (χ2n) is 2.65. The highest BCUT2D eigenvalue weighted by atomic mass is 16.1. The van der Waals surface area contributed by atoms with E-state index in [-0.39, 0.29) is 0 Å². The highest BCUT2D eigenvalue weighted by Gasteiger charge is 2.11. The average Bonchev–Trinajstić information content (AvgIpc) is 1.99. The summed E-state index contributed by atoms with van der Waals surface area (Å²) in [6.45, 7) is 6.33. The molecule has 0 spiro atoms. The van der Waals surface area contributed by atoms with Gasteiger partial charge < -0.3 is 5.32 Å². The van der Waals surface area contributed by atoms with Gasteiger partial charge in [0.1, 0.15) is 0 Å². The van der Waals surface area contributed by atoms with Gasteiger partial charge in [-0.3, -0.25) is 4.79 Å². The fourth-order valence-corrected chi connectivity index (χ4v) is 1.01. The summed E-state index contributed by atoms with van der Waals surface area (Å²) in [6.07, 6.45) is 3.83. The molecule has 1 N–H and O–H groups in total. The molecule has 0 rings (SSSR count). The number of carbonyl (C=O) groups excluding carboxylic acids is 1. The summed E-state index contributed by atoms with van der Waals surface area (Å²) in [4.78, 5) is 9.96. The fourth-order valence-electron chi connectivity index (χ4n) is 1.01. The van der Waals surface area contributed by atoms with E-state index in [0.717, 1.165) is 12.8 Å². The number of amides is 1. The molecule has 2 unspecified atom stereocenters. The van der Waals surface area contributed by atoms with Crippen LogP contribution in [0.4, 0.5) is 0 Å². The lowest BCUT2D eigenvalue weighted by atomic mass is 9.97. The van der Waals surface area contributed by atoms with Crippen LogP contribution in [0, 0.1) is 5.92 Å². The average molecular weight is 142 g/mol. The molecule has 0 aromatic carbocycles. The maximum Gasteiger partial charge on any atom is 0.309 e. The molecular formula is C8H16NO. The smallest absolute Gasteiger partial charge is 0.309 e. The molecule has 0 saturated carbocycles. The topological polar surface area (TPSA) is 29.1 Å². The van der Waals surface area contributed by atoms with Crippen molar-refractivity contribution in [2.75, 3.05) is 0 Å². The first-order chi connectivity index (χ1) is 4.76. The number of nitrogens with one attached hydrogen (secondary N) is 1. The standard InChI is InChI=1S/C8H16NO/c1-4-7(3)8(5-2)9-6-10/h7-8H,4-5H2,1-3H3,(H,9,10). The van der Waals surface area contributed by atoms with Crippen molar-refractivity contribution in [3.8, 4) is 0 Å². The van der Waals surface area contributed by atoms with E-state index in [0.29, 0.717) is 12.0 Å². The molecule has 1 amide bonds. The normalized spacial score (nSPS) is 15.9. The van der Waals surface area contributed by atoms with Gasteiger partial charge in [-0.05, 0) is 12.3 Å². The lowest BCUT2D eigenvalue weighted by Gasteiger charge is -2.19. The Morgan fingerprint density at radius 2 is 2.00 bits per heavy atom. The van der Waals surface area contributed by atoms with Gasteiger partial charge in [0.15, 0.2) is 0 Å². The zero-order chi connectivity index (χ0) is 7.98. The minimum atomic E-state index is 0.308. The van der Waals surface area contributed by atoms with Crippen LogP contribution in [-0.4, -0.2) is 12.5 Å². The van der Waals surface area contributed by atoms with Crippen LogP contribution in [0.15, 0.2) is 0 Å². The fraction of sp³-hybridized carbons (Fsp3) is 0.875. The SMILES string of the molecule is CCC(C)C(CC)N[C]=O. The molecule has 0 saturated heterocycles. The van der Waals surface area contributed by atoms with E-state index in [1.54, 1.807) is 6.41 Å². The van der Waals surface area contributed by atoms with Crippen LogP contribution < -0.4 is 5.32 Å². The van der Waals surface area contributed by atoms with Crippen LogP contribution in [0.3, 0.4) is 0 Å². The minimum absolute atomic E-state index is 0.308. The Morgan fingerprint density at radius 1 is 1.40 bits per heavy atom. The Balaban J connectivity index is 3.67. The molecule has 0 heterocycles. The van der Waals surface area contributed by atoms with Crippen molar-refractivity contribution in [3.05, 3.63) is 0 Å². The second-order valence-corrected chi connectivity index (χ2v) is 2.65. The summed E-state index contributed by atoms with van der Waals surface area (Å²) >= 11 is 0. The van der Waals surface area contributed by atoms with Gasteiger partial charge in [-0.1, -0.05) is 27.2 Å². The van der Waals surface area contributed by atoms with Crippen molar-refractivity contribution in [2.24, 2.45) is 5.92 Å². The van der Waals surface area contributed by atoms with Crippen LogP contribution in [-0.2, 0) is 4.79 Å². The van der Waals surface area contributed by atoms with Crippen LogP contribution in [0.5, 0.6) is 0 Å². The van der Waals surface area contributed by atoms with Gasteiger partial charge in [0.2, 0.25) is 0 Å². The van der Waals surface area contributed by atoms with Gasteiger partial charge in [0, 0.05) is 6.04 Å². The number of hydrogen-bond acceptors (Lipinski definition) is 1. The molecule has 2 atom stereocenters. The number of hydrogen-bond donors (Lipinski definition) is 1. The molecule has 0 aromatic rings. The highest BCUT2D eigenvalue weighted by Crippen LogP contribution is 2.09. The minimum Gasteiger partial charge on any atom is -0.345 e. The molecule has 0 aliphatic carbocycles. The monoisotopic (exact) mass is 142 g/mol. The Bertz CT molecular complexity index is 93.3. The Labute approximate surface area is 63.0 Å². The van der Waals surface area contributed by atoms with E-state index in [1.165, 1.54) is 0 Å². The molecule has 10 heavy (non-hydrogen) atoms. The third-order valence-corrected chi connectivity index (χ3v) is 2.01. The molecule has 1 radical (unpaired) electrons. The van der Waals surface area contributed by atoms with Crippen molar-refractivity contribution in [1.82, 2.24) is 5.32 Å². The van der Waals surface area contributed by atoms with Gasteiger partial charge in [0.25, 0.3) is 0 Å². The van der Waals surface area contributed by atoms with E-state index in [4.69, 9.17) is 0 Å². The third-order valence-electron chi connectivity index (χ3n) is 2.01. The predicted octanol–water partition coefficient (Wildman–Crippen LogP) is 1.47. The molecular weight excluding hydrogens is 126 g/mol. The van der Waals surface area contributed by atoms with Crippen molar-refractivity contribution >= 4 is 6.41 Å². The van der Waals surface area contributed by atoms with Gasteiger partial charge >= 0.3 is 6.41 Å². The summed E-state index contributed by atoms with van der Waals surface area (Å²) in [5.41, 5.74) is 0. The van der Waals surface area contributed by atoms with Crippen LogP contribution >= 0.6 is 0 Å². The van der Waals surface area contributed by atoms with Crippen molar-refractivity contribution < 1.29 is 4.79 Å². The Morgan fingerprint density at radius 3 is 2.30 bits per heavy atom. The quantitative estimate of drug-likeness (QED) is 0.579. The summed E-state index contributed by atoms with van der Waals surface area (Å²) < 4.78 is 0. The van der Waals surface area contributed by atoms with Gasteiger partial charge in [0.05, 0.1) is 0 Å². The third kappa shape index (κ3) is 2.85. The summed E-state index contributed by atoms with van der Waals surface area (Å²) in [7, 11) is 0. The van der Waals surface area contributed by atoms with Crippen LogP contribution in [0.2, 0.25) is 0 Å². The largest absolute Gasteiger partial charge is 0.345 e. The molecule has 2 nitrogen and oxygen atoms in total. The molecule has 0 fully saturated rings. The van der Waals surface area contributed by atoms with Gasteiger partial charge in [-0.15, -0.1) is 0 Å². The van der Waals surface area contributed by atoms with Gasteiger partial charge in [-0.2, -0.15) is 0 Å². The second kappa shape index (κ2) is 5.27. The first-order valence-electron chi connectivity index (χ1n) is 3.88. The zero-order valence-electron chi connectivity index (χ0n) is 6.98. The predicted molar refractivity (Wildman–Crippen MR) is 42.4 cm³/mol. The molecule has 0 bridgehead atoms. The van der Waals surface area contributed by atoms with E-state index in [2.05, 4.69) is 26.1 Å². The zero-order valence-corrected chi connectivity index (χ0v) is 6.98. The summed E-state index contributed by atoms with van der Waals surface area (Å²) in [5, 5.41) is 2.68. The molecule has 2 heteroatoms. The lowest BCUT2D eigenvalue weighted by Crippen LogP contribution is -2.32. The highest BCUT2D eigenvalue weighted by molar-refractivity contribution is 5.47. The maximum atomic E-state index is 9.96. The van der Waals surface area contributed by atoms with Crippen LogP contribution in [0.1, 0.15) is 33.6 Å². The molecule has 0 aliphatic heterocycles. The van der Waals surface area contributed by atoms with Gasteiger partial charge in [-0.25, -0.2) is 0 Å². The van der Waals surface area contributed by atoms with E-state index in [9.17, 15) is 4.79 Å². The first-order valence-corrected chi connectivity index (χ1v) is 3.88. The van der Waals surface area contributed by atoms with E-state index < -0.39 is 0 Å². The molecule has 0 aliphatic rings. The van der Waals surface area contributed by atoms with Crippen molar-refractivity contribution in [2.45, 2.75) is 39.7 Å². The van der Waals surface area contributed by atoms with Crippen LogP contribution in [0.25, 0.3) is 0 Å². The van der Waals surface area contributed by atoms with E-state index >= 15 is 0 Å². The van der Waals surface area contributed by atoms with Crippen molar-refractivity contribution in [1.29, 1.82) is 0 Å². The lowest BCUT2D eigenvalue weighted by molar-refractivity contribution is 0.390. The summed E-state index contributed by atoms with van der Waals surface area (Å²) in [5.74, 6) is 0.562. The van der Waals surface area contributed by atoms with Crippen molar-refractivity contribution in [3.63, 3.8) is 0 Å². The maximum absolute atomic E-state index is 9.96. The number of rotatable bonds is 5. The molecule has 59 valence electrons. The first kappa shape index (κ1) is 9.47. The Kier molecular flexibility index (Phi) is 4.99. The molecule has 0 aromatic heterocycles. The van der Waals surface area contributed by atoms with E-state index in [1.807, 2.05) is 0 Å². The summed E-state index contributed by atoms with van der Waals surface area (Å²) in [6, 6.07) is 0.308. The Hall–Kier alpha value is -0.530.